The molecular weight excluding hydrogens is 214 g/mol. The molecule has 1 aliphatic heterocycles. The van der Waals surface area contributed by atoms with Crippen LogP contribution in [0.2, 0.25) is 0 Å². The Labute approximate surface area is 103 Å². The Kier molecular flexibility index (Phi) is 4.57. The topological polar surface area (TPSA) is 39.1 Å². The number of nitrogens with one attached hydrogen (secondary N) is 1. The Morgan fingerprint density at radius 1 is 1.53 bits per heavy atom. The first kappa shape index (κ1) is 12.6. The number of nitrogens with zero attached hydrogens (tertiary/aromatic N) is 2. The molecule has 0 spiro atoms. The van der Waals surface area contributed by atoms with E-state index in [-0.39, 0.29) is 0 Å². The Hall–Kier alpha value is -0.870. The number of aryl methyl sites for hydroxylation is 1. The van der Waals surface area contributed by atoms with Crippen molar-refractivity contribution >= 4 is 0 Å². The van der Waals surface area contributed by atoms with E-state index in [0.29, 0.717) is 12.1 Å². The number of aromatic nitrogens is 2. The monoisotopic (exact) mass is 237 g/mol. The fourth-order valence-corrected chi connectivity index (χ4v) is 2.48. The van der Waals surface area contributed by atoms with Gasteiger partial charge in [0.05, 0.1) is 12.6 Å². The fraction of sp³-hybridized carbons (Fsp3) is 0.769. The highest BCUT2D eigenvalue weighted by Crippen LogP contribution is 2.22. The Bertz CT molecular complexity index is 337. The second-order valence-corrected chi connectivity index (χ2v) is 4.60. The van der Waals surface area contributed by atoms with E-state index in [2.05, 4.69) is 34.9 Å². The first-order valence-corrected chi connectivity index (χ1v) is 6.69. The number of ether oxygens (including phenoxy) is 1. The van der Waals surface area contributed by atoms with Gasteiger partial charge in [0.2, 0.25) is 0 Å². The van der Waals surface area contributed by atoms with Gasteiger partial charge in [0.25, 0.3) is 0 Å². The van der Waals surface area contributed by atoms with Crippen molar-refractivity contribution in [2.75, 3.05) is 19.8 Å². The third-order valence-electron chi connectivity index (χ3n) is 3.41. The molecule has 0 saturated carbocycles. The summed E-state index contributed by atoms with van der Waals surface area (Å²) < 4.78 is 7.91. The molecule has 1 saturated heterocycles. The molecule has 2 atom stereocenters. The van der Waals surface area contributed by atoms with E-state index in [4.69, 9.17) is 4.74 Å². The van der Waals surface area contributed by atoms with Crippen LogP contribution in [0, 0.1) is 0 Å². The molecule has 0 aromatic carbocycles. The molecule has 1 fully saturated rings. The number of hydrogen-bond donors (Lipinski definition) is 1. The fourth-order valence-electron chi connectivity index (χ4n) is 2.48. The van der Waals surface area contributed by atoms with Crippen molar-refractivity contribution in [1.29, 1.82) is 0 Å². The predicted molar refractivity (Wildman–Crippen MR) is 68.2 cm³/mol. The van der Waals surface area contributed by atoms with E-state index < -0.39 is 0 Å². The van der Waals surface area contributed by atoms with Gasteiger partial charge in [0.15, 0.2) is 0 Å². The second-order valence-electron chi connectivity index (χ2n) is 4.60. The van der Waals surface area contributed by atoms with Crippen LogP contribution < -0.4 is 5.32 Å². The lowest BCUT2D eigenvalue weighted by Gasteiger charge is -2.34. The van der Waals surface area contributed by atoms with E-state index in [1.807, 2.05) is 6.20 Å². The van der Waals surface area contributed by atoms with E-state index in [0.717, 1.165) is 38.4 Å². The van der Waals surface area contributed by atoms with E-state index in [1.165, 1.54) is 6.42 Å². The van der Waals surface area contributed by atoms with Crippen molar-refractivity contribution in [2.24, 2.45) is 0 Å². The zero-order valence-corrected chi connectivity index (χ0v) is 10.9. The summed E-state index contributed by atoms with van der Waals surface area (Å²) in [6.45, 7) is 7.10. The van der Waals surface area contributed by atoms with Crippen LogP contribution in [0.25, 0.3) is 0 Å². The van der Waals surface area contributed by atoms with Crippen molar-refractivity contribution in [3.05, 3.63) is 18.2 Å². The molecule has 1 aromatic heterocycles. The molecule has 1 N–H and O–H groups in total. The lowest BCUT2D eigenvalue weighted by atomic mass is 10.0. The predicted octanol–water partition coefficient (Wildman–Crippen LogP) is 1.78. The molecule has 0 radical (unpaired) electrons. The normalized spacial score (nSPS) is 25.1. The van der Waals surface area contributed by atoms with Crippen LogP contribution in [-0.2, 0) is 11.2 Å². The molecule has 4 nitrogen and oxygen atoms in total. The largest absolute Gasteiger partial charge is 0.379 e. The van der Waals surface area contributed by atoms with E-state index in [9.17, 15) is 0 Å². The quantitative estimate of drug-likeness (QED) is 0.848. The Morgan fingerprint density at radius 3 is 3.18 bits per heavy atom. The summed E-state index contributed by atoms with van der Waals surface area (Å²) in [6, 6.07) is 0.913. The highest BCUT2D eigenvalue weighted by molar-refractivity contribution is 4.98. The van der Waals surface area contributed by atoms with Gasteiger partial charge in [-0.05, 0) is 19.4 Å². The van der Waals surface area contributed by atoms with Crippen molar-refractivity contribution < 1.29 is 4.74 Å². The van der Waals surface area contributed by atoms with Crippen molar-refractivity contribution in [3.8, 4) is 0 Å². The Morgan fingerprint density at radius 2 is 2.41 bits per heavy atom. The van der Waals surface area contributed by atoms with Crippen LogP contribution in [0.5, 0.6) is 0 Å². The third kappa shape index (κ3) is 2.87. The Balaban J connectivity index is 2.10. The smallest absolute Gasteiger partial charge is 0.108 e. The number of imidazole rings is 1. The van der Waals surface area contributed by atoms with Gasteiger partial charge >= 0.3 is 0 Å². The zero-order chi connectivity index (χ0) is 12.1. The third-order valence-corrected chi connectivity index (χ3v) is 3.41. The molecule has 17 heavy (non-hydrogen) atoms. The summed E-state index contributed by atoms with van der Waals surface area (Å²) >= 11 is 0. The molecule has 2 heterocycles. The van der Waals surface area contributed by atoms with Gasteiger partial charge in [-0.3, -0.25) is 0 Å². The molecule has 96 valence electrons. The lowest BCUT2D eigenvalue weighted by Crippen LogP contribution is -2.44. The molecule has 1 aliphatic rings. The summed E-state index contributed by atoms with van der Waals surface area (Å²) in [7, 11) is 0. The van der Waals surface area contributed by atoms with Crippen molar-refractivity contribution in [2.45, 2.75) is 45.2 Å². The molecular formula is C13H23N3O. The van der Waals surface area contributed by atoms with E-state index >= 15 is 0 Å². The molecule has 2 rings (SSSR count). The maximum atomic E-state index is 5.63. The maximum Gasteiger partial charge on any atom is 0.108 e. The van der Waals surface area contributed by atoms with Gasteiger partial charge in [-0.15, -0.1) is 0 Å². The highest BCUT2D eigenvalue weighted by atomic mass is 16.5. The lowest BCUT2D eigenvalue weighted by molar-refractivity contribution is 0.0361. The molecule has 0 aliphatic carbocycles. The zero-order valence-electron chi connectivity index (χ0n) is 10.9. The van der Waals surface area contributed by atoms with Crippen molar-refractivity contribution in [3.63, 3.8) is 0 Å². The molecule has 2 unspecified atom stereocenters. The maximum absolute atomic E-state index is 5.63. The SMILES string of the molecule is CCCNC1CCOCC1n1ccnc1CC. The van der Waals surface area contributed by atoms with Crippen LogP contribution >= 0.6 is 0 Å². The molecule has 4 heteroatoms. The summed E-state index contributed by atoms with van der Waals surface area (Å²) in [5.41, 5.74) is 0. The van der Waals surface area contributed by atoms with Gasteiger partial charge in [-0.2, -0.15) is 0 Å². The average molecular weight is 237 g/mol. The van der Waals surface area contributed by atoms with Crippen LogP contribution in [0.1, 0.15) is 38.6 Å². The van der Waals surface area contributed by atoms with Crippen LogP contribution in [0.3, 0.4) is 0 Å². The minimum Gasteiger partial charge on any atom is -0.379 e. The first-order valence-electron chi connectivity index (χ1n) is 6.69. The minimum absolute atomic E-state index is 0.396. The molecule has 1 aromatic rings. The van der Waals surface area contributed by atoms with Gasteiger partial charge in [0, 0.05) is 31.5 Å². The average Bonchev–Trinajstić information content (AvgIpc) is 2.84. The van der Waals surface area contributed by atoms with Gasteiger partial charge < -0.3 is 14.6 Å². The van der Waals surface area contributed by atoms with Gasteiger partial charge in [-0.25, -0.2) is 4.98 Å². The summed E-state index contributed by atoms with van der Waals surface area (Å²) in [4.78, 5) is 4.40. The number of rotatable bonds is 5. The standard InChI is InChI=1S/C13H23N3O/c1-3-6-14-11-5-9-17-10-12(11)16-8-7-15-13(16)4-2/h7-8,11-12,14H,3-6,9-10H2,1-2H3. The van der Waals surface area contributed by atoms with Gasteiger partial charge in [-0.1, -0.05) is 13.8 Å². The van der Waals surface area contributed by atoms with E-state index in [1.54, 1.807) is 0 Å². The van der Waals surface area contributed by atoms with Crippen LogP contribution in [0.15, 0.2) is 12.4 Å². The summed E-state index contributed by atoms with van der Waals surface area (Å²) in [5.74, 6) is 1.16. The number of hydrogen-bond acceptors (Lipinski definition) is 3. The highest BCUT2D eigenvalue weighted by Gasteiger charge is 2.27. The first-order chi connectivity index (χ1) is 8.36. The summed E-state index contributed by atoms with van der Waals surface area (Å²) in [5, 5.41) is 3.63. The van der Waals surface area contributed by atoms with Crippen LogP contribution in [-0.4, -0.2) is 35.4 Å². The minimum atomic E-state index is 0.396. The van der Waals surface area contributed by atoms with Gasteiger partial charge in [0.1, 0.15) is 5.82 Å². The summed E-state index contributed by atoms with van der Waals surface area (Å²) in [6.07, 6.45) is 7.22. The van der Waals surface area contributed by atoms with Crippen LogP contribution in [0.4, 0.5) is 0 Å². The van der Waals surface area contributed by atoms with Crippen molar-refractivity contribution in [1.82, 2.24) is 14.9 Å². The molecule has 0 bridgehead atoms. The molecule has 0 amide bonds. The second kappa shape index (κ2) is 6.17.